The van der Waals surface area contributed by atoms with Crippen molar-refractivity contribution in [2.75, 3.05) is 5.73 Å². The van der Waals surface area contributed by atoms with Crippen molar-refractivity contribution in [1.29, 1.82) is 0 Å². The molecular formula is C13H12FNO. The molecule has 0 unspecified atom stereocenters. The zero-order valence-electron chi connectivity index (χ0n) is 8.69. The SMILES string of the molecule is Nc1ccc(OCc2ccc(F)cc2)cc1. The fraction of sp³-hybridized carbons (Fsp3) is 0.0769. The molecule has 0 bridgehead atoms. The Labute approximate surface area is 93.5 Å². The van der Waals surface area contributed by atoms with E-state index in [1.165, 1.54) is 12.1 Å². The molecule has 2 aromatic carbocycles. The lowest BCUT2D eigenvalue weighted by Crippen LogP contribution is -1.95. The highest BCUT2D eigenvalue weighted by molar-refractivity contribution is 5.41. The average Bonchev–Trinajstić information content (AvgIpc) is 2.30. The van der Waals surface area contributed by atoms with Gasteiger partial charge < -0.3 is 10.5 Å². The van der Waals surface area contributed by atoms with E-state index in [-0.39, 0.29) is 5.82 Å². The van der Waals surface area contributed by atoms with Crippen LogP contribution in [0.3, 0.4) is 0 Å². The number of halogens is 1. The molecule has 0 aromatic heterocycles. The molecule has 0 saturated heterocycles. The molecule has 2 N–H and O–H groups in total. The first kappa shape index (κ1) is 10.5. The van der Waals surface area contributed by atoms with Crippen molar-refractivity contribution in [3.8, 4) is 5.75 Å². The summed E-state index contributed by atoms with van der Waals surface area (Å²) in [6.07, 6.45) is 0. The van der Waals surface area contributed by atoms with Crippen LogP contribution in [-0.2, 0) is 6.61 Å². The van der Waals surface area contributed by atoms with Crippen LogP contribution in [0.4, 0.5) is 10.1 Å². The Hall–Kier alpha value is -2.03. The maximum Gasteiger partial charge on any atom is 0.123 e. The third kappa shape index (κ3) is 2.73. The number of anilines is 1. The van der Waals surface area contributed by atoms with Crippen molar-refractivity contribution in [2.45, 2.75) is 6.61 Å². The summed E-state index contributed by atoms with van der Waals surface area (Å²) in [4.78, 5) is 0. The van der Waals surface area contributed by atoms with Crippen LogP contribution in [0.1, 0.15) is 5.56 Å². The van der Waals surface area contributed by atoms with Gasteiger partial charge in [0.15, 0.2) is 0 Å². The van der Waals surface area contributed by atoms with Crippen LogP contribution in [0, 0.1) is 5.82 Å². The van der Waals surface area contributed by atoms with E-state index in [1.54, 1.807) is 36.4 Å². The number of hydrogen-bond acceptors (Lipinski definition) is 2. The lowest BCUT2D eigenvalue weighted by atomic mass is 10.2. The second kappa shape index (κ2) is 4.66. The van der Waals surface area contributed by atoms with Crippen LogP contribution in [0.15, 0.2) is 48.5 Å². The first-order valence-corrected chi connectivity index (χ1v) is 4.97. The maximum absolute atomic E-state index is 12.6. The first-order valence-electron chi connectivity index (χ1n) is 4.97. The molecule has 0 atom stereocenters. The van der Waals surface area contributed by atoms with Gasteiger partial charge in [-0.05, 0) is 42.0 Å². The largest absolute Gasteiger partial charge is 0.489 e. The predicted octanol–water partition coefficient (Wildman–Crippen LogP) is 2.99. The topological polar surface area (TPSA) is 35.2 Å². The van der Waals surface area contributed by atoms with Gasteiger partial charge in [0, 0.05) is 5.69 Å². The Kier molecular flexibility index (Phi) is 3.05. The third-order valence-electron chi connectivity index (χ3n) is 2.20. The average molecular weight is 217 g/mol. The third-order valence-corrected chi connectivity index (χ3v) is 2.20. The van der Waals surface area contributed by atoms with Crippen molar-refractivity contribution >= 4 is 5.69 Å². The Balaban J connectivity index is 1.97. The number of hydrogen-bond donors (Lipinski definition) is 1. The Morgan fingerprint density at radius 1 is 0.938 bits per heavy atom. The van der Waals surface area contributed by atoms with Gasteiger partial charge in [0.2, 0.25) is 0 Å². The molecule has 3 heteroatoms. The van der Waals surface area contributed by atoms with Crippen molar-refractivity contribution < 1.29 is 9.13 Å². The van der Waals surface area contributed by atoms with Gasteiger partial charge in [-0.15, -0.1) is 0 Å². The van der Waals surface area contributed by atoms with E-state index < -0.39 is 0 Å². The van der Waals surface area contributed by atoms with Crippen LogP contribution < -0.4 is 10.5 Å². The zero-order valence-corrected chi connectivity index (χ0v) is 8.69. The molecule has 0 spiro atoms. The minimum absolute atomic E-state index is 0.240. The molecule has 0 heterocycles. The Morgan fingerprint density at radius 2 is 1.56 bits per heavy atom. The molecule has 0 aliphatic rings. The minimum atomic E-state index is -0.240. The number of rotatable bonds is 3. The van der Waals surface area contributed by atoms with Gasteiger partial charge in [0.05, 0.1) is 0 Å². The fourth-order valence-corrected chi connectivity index (χ4v) is 1.31. The number of benzene rings is 2. The molecular weight excluding hydrogens is 205 g/mol. The summed E-state index contributed by atoms with van der Waals surface area (Å²) in [6.45, 7) is 0.421. The van der Waals surface area contributed by atoms with Gasteiger partial charge in [-0.2, -0.15) is 0 Å². The molecule has 2 aromatic rings. The number of nitrogens with two attached hydrogens (primary N) is 1. The predicted molar refractivity (Wildman–Crippen MR) is 61.6 cm³/mol. The van der Waals surface area contributed by atoms with Crippen LogP contribution in [0.5, 0.6) is 5.75 Å². The van der Waals surface area contributed by atoms with Crippen LogP contribution >= 0.6 is 0 Å². The maximum atomic E-state index is 12.6. The second-order valence-electron chi connectivity index (χ2n) is 3.48. The summed E-state index contributed by atoms with van der Waals surface area (Å²) in [5.74, 6) is 0.509. The van der Waals surface area contributed by atoms with Crippen molar-refractivity contribution in [3.63, 3.8) is 0 Å². The van der Waals surface area contributed by atoms with Gasteiger partial charge in [0.25, 0.3) is 0 Å². The van der Waals surface area contributed by atoms with E-state index in [4.69, 9.17) is 10.5 Å². The fourth-order valence-electron chi connectivity index (χ4n) is 1.31. The molecule has 16 heavy (non-hydrogen) atoms. The van der Waals surface area contributed by atoms with E-state index in [1.807, 2.05) is 0 Å². The van der Waals surface area contributed by atoms with Gasteiger partial charge >= 0.3 is 0 Å². The quantitative estimate of drug-likeness (QED) is 0.802. The summed E-state index contributed by atoms with van der Waals surface area (Å²) in [5.41, 5.74) is 7.19. The van der Waals surface area contributed by atoms with E-state index in [0.29, 0.717) is 12.3 Å². The summed E-state index contributed by atoms with van der Waals surface area (Å²) in [7, 11) is 0. The van der Waals surface area contributed by atoms with Crippen molar-refractivity contribution in [1.82, 2.24) is 0 Å². The number of nitrogen functional groups attached to an aromatic ring is 1. The van der Waals surface area contributed by atoms with Gasteiger partial charge in [-0.1, -0.05) is 12.1 Å². The molecule has 0 aliphatic heterocycles. The van der Waals surface area contributed by atoms with Crippen molar-refractivity contribution in [3.05, 3.63) is 59.9 Å². The normalized spacial score (nSPS) is 10.1. The molecule has 2 rings (SSSR count). The van der Waals surface area contributed by atoms with Crippen LogP contribution in [-0.4, -0.2) is 0 Å². The standard InChI is InChI=1S/C13H12FNO/c14-11-3-1-10(2-4-11)9-16-13-7-5-12(15)6-8-13/h1-8H,9,15H2. The summed E-state index contributed by atoms with van der Waals surface area (Å²) in [5, 5.41) is 0. The highest BCUT2D eigenvalue weighted by Crippen LogP contribution is 2.15. The van der Waals surface area contributed by atoms with Gasteiger partial charge in [0.1, 0.15) is 18.2 Å². The van der Waals surface area contributed by atoms with E-state index in [9.17, 15) is 4.39 Å². The lowest BCUT2D eigenvalue weighted by molar-refractivity contribution is 0.306. The smallest absolute Gasteiger partial charge is 0.123 e. The van der Waals surface area contributed by atoms with Crippen molar-refractivity contribution in [2.24, 2.45) is 0 Å². The molecule has 0 amide bonds. The van der Waals surface area contributed by atoms with E-state index >= 15 is 0 Å². The van der Waals surface area contributed by atoms with Gasteiger partial charge in [-0.3, -0.25) is 0 Å². The van der Waals surface area contributed by atoms with Crippen LogP contribution in [0.2, 0.25) is 0 Å². The highest BCUT2D eigenvalue weighted by atomic mass is 19.1. The van der Waals surface area contributed by atoms with Gasteiger partial charge in [-0.25, -0.2) is 4.39 Å². The molecule has 0 aliphatic carbocycles. The second-order valence-corrected chi connectivity index (χ2v) is 3.48. The van der Waals surface area contributed by atoms with Crippen LogP contribution in [0.25, 0.3) is 0 Å². The first-order chi connectivity index (χ1) is 7.74. The number of ether oxygens (including phenoxy) is 1. The molecule has 0 fully saturated rings. The summed E-state index contributed by atoms with van der Waals surface area (Å²) in [6, 6.07) is 13.4. The molecule has 82 valence electrons. The highest BCUT2D eigenvalue weighted by Gasteiger charge is 1.96. The lowest BCUT2D eigenvalue weighted by Gasteiger charge is -2.06. The molecule has 2 nitrogen and oxygen atoms in total. The molecule has 0 saturated carbocycles. The summed E-state index contributed by atoms with van der Waals surface area (Å²) >= 11 is 0. The monoisotopic (exact) mass is 217 g/mol. The van der Waals surface area contributed by atoms with E-state index in [0.717, 1.165) is 11.3 Å². The zero-order chi connectivity index (χ0) is 11.4. The molecule has 0 radical (unpaired) electrons. The summed E-state index contributed by atoms with van der Waals surface area (Å²) < 4.78 is 18.1. The Bertz CT molecular complexity index is 405. The van der Waals surface area contributed by atoms with E-state index in [2.05, 4.69) is 0 Å². The minimum Gasteiger partial charge on any atom is -0.489 e. The Morgan fingerprint density at radius 3 is 2.19 bits per heavy atom.